The van der Waals surface area contributed by atoms with Crippen LogP contribution in [0.15, 0.2) is 55.7 Å². The first-order valence-corrected chi connectivity index (χ1v) is 8.73. The van der Waals surface area contributed by atoms with E-state index >= 15 is 0 Å². The summed E-state index contributed by atoms with van der Waals surface area (Å²) < 4.78 is 2.75. The van der Waals surface area contributed by atoms with E-state index in [0.717, 1.165) is 26.0 Å². The molecule has 0 aliphatic heterocycles. The van der Waals surface area contributed by atoms with Crippen LogP contribution in [0, 0.1) is 0 Å². The van der Waals surface area contributed by atoms with Crippen molar-refractivity contribution in [3.8, 4) is 0 Å². The molecule has 0 spiro atoms. The molecule has 0 saturated carbocycles. The van der Waals surface area contributed by atoms with Gasteiger partial charge in [-0.3, -0.25) is 28.1 Å². The molecule has 2 N–H and O–H groups in total. The van der Waals surface area contributed by atoms with Crippen LogP contribution in [0.2, 0.25) is 5.02 Å². The number of carbonyl (C=O) groups is 1. The highest BCUT2D eigenvalue weighted by molar-refractivity contribution is 6.31. The quantitative estimate of drug-likeness (QED) is 0.612. The van der Waals surface area contributed by atoms with E-state index in [4.69, 9.17) is 11.6 Å². The molecule has 0 atom stereocenters. The topological polar surface area (TPSA) is 128 Å². The lowest BCUT2D eigenvalue weighted by atomic mass is 10.2. The summed E-state index contributed by atoms with van der Waals surface area (Å²) in [5, 5.41) is 2.71. The highest BCUT2D eigenvalue weighted by Crippen LogP contribution is 2.15. The Morgan fingerprint density at radius 2 is 1.79 bits per heavy atom. The number of nitrogens with one attached hydrogen (secondary N) is 2. The number of aromatic amines is 1. The second-order valence-electron chi connectivity index (χ2n) is 6.21. The Morgan fingerprint density at radius 3 is 2.48 bits per heavy atom. The van der Waals surface area contributed by atoms with Crippen LogP contribution in [-0.2, 0) is 20.6 Å². The average Bonchev–Trinajstić information content (AvgIpc) is 2.69. The van der Waals surface area contributed by atoms with Gasteiger partial charge in [-0.05, 0) is 11.6 Å². The van der Waals surface area contributed by atoms with Gasteiger partial charge in [-0.15, -0.1) is 0 Å². The predicted molar refractivity (Wildman–Crippen MR) is 107 cm³/mol. The fraction of sp³-hybridized carbons (Fsp3) is 0.167. The number of rotatable bonds is 4. The van der Waals surface area contributed by atoms with Crippen LogP contribution in [0.5, 0.6) is 0 Å². The number of halogens is 1. The Morgan fingerprint density at radius 1 is 1.10 bits per heavy atom. The zero-order valence-corrected chi connectivity index (χ0v) is 16.2. The maximum Gasteiger partial charge on any atom is 0.332 e. The number of nitrogens with zero attached hydrogens (tertiary/aromatic N) is 3. The van der Waals surface area contributed by atoms with Crippen LogP contribution in [0.25, 0.3) is 0 Å². The molecule has 1 amide bonds. The van der Waals surface area contributed by atoms with Crippen LogP contribution in [0.1, 0.15) is 15.9 Å². The number of hydrogen-bond acceptors (Lipinski definition) is 5. The van der Waals surface area contributed by atoms with E-state index in [1.807, 2.05) is 0 Å². The summed E-state index contributed by atoms with van der Waals surface area (Å²) >= 11 is 6.08. The maximum absolute atomic E-state index is 12.7. The van der Waals surface area contributed by atoms with Gasteiger partial charge in [0.15, 0.2) is 0 Å². The molecule has 0 aliphatic carbocycles. The molecule has 10 nitrogen and oxygen atoms in total. The number of anilines is 1. The maximum atomic E-state index is 12.7. The smallest absolute Gasteiger partial charge is 0.313 e. The van der Waals surface area contributed by atoms with Crippen molar-refractivity contribution in [2.24, 2.45) is 14.1 Å². The fourth-order valence-electron chi connectivity index (χ4n) is 2.65. The van der Waals surface area contributed by atoms with Crippen LogP contribution >= 0.6 is 11.6 Å². The molecular weight excluding hydrogens is 402 g/mol. The van der Waals surface area contributed by atoms with E-state index in [9.17, 15) is 24.0 Å². The molecule has 0 saturated heterocycles. The first kappa shape index (κ1) is 20.1. The largest absolute Gasteiger partial charge is 0.332 e. The Labute approximate surface area is 167 Å². The van der Waals surface area contributed by atoms with Crippen molar-refractivity contribution in [1.82, 2.24) is 18.7 Å². The molecule has 3 aromatic rings. The van der Waals surface area contributed by atoms with E-state index in [-0.39, 0.29) is 17.9 Å². The SMILES string of the molecule is Cn1c(NC(=O)c2c[nH]c(=O)n(Cc3ccccc3Cl)c2=O)cc(=O)n(C)c1=O. The third-order valence-corrected chi connectivity index (χ3v) is 4.73. The minimum Gasteiger partial charge on any atom is -0.313 e. The van der Waals surface area contributed by atoms with Gasteiger partial charge in [-0.25, -0.2) is 9.59 Å². The van der Waals surface area contributed by atoms with Crippen molar-refractivity contribution in [3.05, 3.63) is 94.4 Å². The van der Waals surface area contributed by atoms with Gasteiger partial charge < -0.3 is 10.3 Å². The zero-order chi connectivity index (χ0) is 21.3. The van der Waals surface area contributed by atoms with Crippen molar-refractivity contribution in [3.63, 3.8) is 0 Å². The molecule has 150 valence electrons. The Balaban J connectivity index is 2.00. The van der Waals surface area contributed by atoms with Gasteiger partial charge in [0, 0.05) is 31.4 Å². The third-order valence-electron chi connectivity index (χ3n) is 4.36. The molecule has 29 heavy (non-hydrogen) atoms. The number of amides is 1. The number of carbonyl (C=O) groups excluding carboxylic acids is 1. The van der Waals surface area contributed by atoms with Gasteiger partial charge in [-0.2, -0.15) is 0 Å². The molecular formula is C18H16ClN5O5. The lowest BCUT2D eigenvalue weighted by Gasteiger charge is -2.11. The van der Waals surface area contributed by atoms with E-state index in [0.29, 0.717) is 10.6 Å². The van der Waals surface area contributed by atoms with Crippen LogP contribution in [0.3, 0.4) is 0 Å². The molecule has 0 radical (unpaired) electrons. The van der Waals surface area contributed by atoms with Gasteiger partial charge in [0.2, 0.25) is 0 Å². The summed E-state index contributed by atoms with van der Waals surface area (Å²) in [6.07, 6.45) is 0.974. The second-order valence-corrected chi connectivity index (χ2v) is 6.62. The van der Waals surface area contributed by atoms with E-state index in [1.165, 1.54) is 14.1 Å². The minimum absolute atomic E-state index is 0.0913. The molecule has 2 heterocycles. The first-order valence-electron chi connectivity index (χ1n) is 8.35. The third kappa shape index (κ3) is 3.83. The fourth-order valence-corrected chi connectivity index (χ4v) is 2.85. The lowest BCUT2D eigenvalue weighted by Crippen LogP contribution is -2.41. The van der Waals surface area contributed by atoms with Crippen molar-refractivity contribution in [2.45, 2.75) is 6.54 Å². The van der Waals surface area contributed by atoms with Crippen molar-refractivity contribution < 1.29 is 4.79 Å². The summed E-state index contributed by atoms with van der Waals surface area (Å²) in [5.74, 6) is -0.978. The Hall–Kier alpha value is -3.66. The summed E-state index contributed by atoms with van der Waals surface area (Å²) in [4.78, 5) is 63.5. The summed E-state index contributed by atoms with van der Waals surface area (Å²) in [6, 6.07) is 7.72. The van der Waals surface area contributed by atoms with E-state index < -0.39 is 28.4 Å². The van der Waals surface area contributed by atoms with Crippen molar-refractivity contribution in [1.29, 1.82) is 0 Å². The van der Waals surface area contributed by atoms with Gasteiger partial charge in [0.25, 0.3) is 17.0 Å². The number of benzene rings is 1. The lowest BCUT2D eigenvalue weighted by molar-refractivity contribution is 0.102. The van der Waals surface area contributed by atoms with Crippen molar-refractivity contribution >= 4 is 23.3 Å². The summed E-state index contributed by atoms with van der Waals surface area (Å²) in [6.45, 7) is -0.140. The second kappa shape index (κ2) is 7.76. The minimum atomic E-state index is -0.887. The van der Waals surface area contributed by atoms with Gasteiger partial charge in [-0.1, -0.05) is 29.8 Å². The standard InChI is InChI=1S/C18H16ClN5O5/c1-22-13(7-14(25)23(2)18(22)29)21-15(26)11-8-20-17(28)24(16(11)27)9-10-5-3-4-6-12(10)19/h3-8H,9H2,1-2H3,(H,20,28)(H,21,26). The number of aromatic nitrogens is 4. The van der Waals surface area contributed by atoms with Gasteiger partial charge in [0.05, 0.1) is 6.54 Å². The van der Waals surface area contributed by atoms with E-state index in [1.54, 1.807) is 24.3 Å². The average molecular weight is 418 g/mol. The summed E-state index contributed by atoms with van der Waals surface area (Å²) in [5.41, 5.74) is -2.68. The number of H-pyrrole nitrogens is 1. The monoisotopic (exact) mass is 417 g/mol. The highest BCUT2D eigenvalue weighted by atomic mass is 35.5. The molecule has 1 aromatic carbocycles. The van der Waals surface area contributed by atoms with Crippen LogP contribution < -0.4 is 27.8 Å². The summed E-state index contributed by atoms with van der Waals surface area (Å²) in [7, 11) is 2.66. The molecule has 0 aliphatic rings. The van der Waals surface area contributed by atoms with Gasteiger partial charge >= 0.3 is 11.4 Å². The van der Waals surface area contributed by atoms with E-state index in [2.05, 4.69) is 10.3 Å². The molecule has 11 heteroatoms. The number of hydrogen-bond donors (Lipinski definition) is 2. The Bertz CT molecular complexity index is 1350. The van der Waals surface area contributed by atoms with Crippen LogP contribution in [0.4, 0.5) is 5.82 Å². The molecule has 2 aromatic heterocycles. The predicted octanol–water partition coefficient (Wildman–Crippen LogP) is -0.112. The van der Waals surface area contributed by atoms with Crippen molar-refractivity contribution in [2.75, 3.05) is 5.32 Å². The zero-order valence-electron chi connectivity index (χ0n) is 15.4. The molecule has 0 fully saturated rings. The molecule has 0 bridgehead atoms. The first-order chi connectivity index (χ1) is 13.7. The van der Waals surface area contributed by atoms with Gasteiger partial charge in [0.1, 0.15) is 11.4 Å². The highest BCUT2D eigenvalue weighted by Gasteiger charge is 2.17. The normalized spacial score (nSPS) is 10.7. The Kier molecular flexibility index (Phi) is 5.37. The van der Waals surface area contributed by atoms with Crippen LogP contribution in [-0.4, -0.2) is 24.6 Å². The molecule has 0 unspecified atom stereocenters. The molecule has 3 rings (SSSR count).